The second-order valence-electron chi connectivity index (χ2n) is 24.6. The molecular formula is C66H84N10O8. The van der Waals surface area contributed by atoms with E-state index in [9.17, 15) is 38.4 Å². The zero-order valence-corrected chi connectivity index (χ0v) is 50.5. The van der Waals surface area contributed by atoms with Crippen molar-refractivity contribution < 1.29 is 38.4 Å². The zero-order valence-electron chi connectivity index (χ0n) is 50.5. The van der Waals surface area contributed by atoms with Crippen LogP contribution in [0.1, 0.15) is 134 Å². The number of aryl methyl sites for hydroxylation is 2. The van der Waals surface area contributed by atoms with Crippen molar-refractivity contribution in [3.05, 3.63) is 178 Å². The second-order valence-corrected chi connectivity index (χ2v) is 24.6. The molecule has 0 spiro atoms. The van der Waals surface area contributed by atoms with Gasteiger partial charge < -0.3 is 52.3 Å². The second kappa shape index (κ2) is 27.4. The van der Waals surface area contributed by atoms with Gasteiger partial charge in [0.25, 0.3) is 11.8 Å². The molecule has 18 heteroatoms. The summed E-state index contributed by atoms with van der Waals surface area (Å²) in [6, 6.07) is 32.8. The normalized spacial score (nSPS) is 19.1. The number of nitrogens with zero attached hydrogens (tertiary/aromatic N) is 2. The van der Waals surface area contributed by atoms with E-state index in [4.69, 9.17) is 0 Å². The minimum absolute atomic E-state index is 0.0373. The molecule has 8 N–H and O–H groups in total. The molecule has 8 amide bonds. The van der Waals surface area contributed by atoms with Crippen LogP contribution in [0.3, 0.4) is 0 Å². The monoisotopic (exact) mass is 1140 g/mol. The van der Waals surface area contributed by atoms with E-state index in [1.165, 1.54) is 34.1 Å². The molecule has 446 valence electrons. The molecule has 2 aliphatic heterocycles. The Bertz CT molecular complexity index is 2920. The molecule has 5 aromatic rings. The van der Waals surface area contributed by atoms with Crippen molar-refractivity contribution in [1.82, 2.24) is 52.3 Å². The molecule has 84 heavy (non-hydrogen) atoms. The van der Waals surface area contributed by atoms with Gasteiger partial charge in [-0.05, 0) is 112 Å². The highest BCUT2D eigenvalue weighted by molar-refractivity contribution is 5.99. The predicted octanol–water partition coefficient (Wildman–Crippen LogP) is 5.79. The molecule has 0 bridgehead atoms. The molecule has 0 saturated carbocycles. The van der Waals surface area contributed by atoms with Crippen LogP contribution >= 0.6 is 0 Å². The highest BCUT2D eigenvalue weighted by atomic mass is 16.2. The molecule has 2 heterocycles. The van der Waals surface area contributed by atoms with E-state index in [0.717, 1.165) is 33.4 Å². The van der Waals surface area contributed by atoms with Gasteiger partial charge in [-0.2, -0.15) is 0 Å². The van der Waals surface area contributed by atoms with Gasteiger partial charge >= 0.3 is 0 Å². The Morgan fingerprint density at radius 2 is 0.750 bits per heavy atom. The lowest BCUT2D eigenvalue weighted by atomic mass is 9.85. The van der Waals surface area contributed by atoms with E-state index in [1.54, 1.807) is 27.9 Å². The van der Waals surface area contributed by atoms with Crippen molar-refractivity contribution in [3.8, 4) is 0 Å². The largest absolute Gasteiger partial charge is 0.347 e. The third-order valence-corrected chi connectivity index (χ3v) is 16.0. The molecule has 2 saturated heterocycles. The van der Waals surface area contributed by atoms with Gasteiger partial charge in [0.15, 0.2) is 0 Å². The number of rotatable bonds is 20. The van der Waals surface area contributed by atoms with Gasteiger partial charge in [-0.1, -0.05) is 162 Å². The number of carbonyl (C=O) groups excluding carboxylic acids is 8. The van der Waals surface area contributed by atoms with Crippen LogP contribution in [-0.2, 0) is 28.8 Å². The molecule has 0 aromatic heterocycles. The minimum Gasteiger partial charge on any atom is -0.347 e. The Kier molecular flexibility index (Phi) is 20.7. The van der Waals surface area contributed by atoms with Crippen LogP contribution in [0.5, 0.6) is 0 Å². The van der Waals surface area contributed by atoms with Crippen LogP contribution in [0.15, 0.2) is 133 Å². The molecule has 0 unspecified atom stereocenters. The maximum atomic E-state index is 14.8. The summed E-state index contributed by atoms with van der Waals surface area (Å²) >= 11 is 0. The topological polar surface area (TPSA) is 239 Å². The predicted molar refractivity (Wildman–Crippen MR) is 324 cm³/mol. The van der Waals surface area contributed by atoms with Crippen LogP contribution in [0.2, 0.25) is 0 Å². The molecule has 18 nitrogen and oxygen atoms in total. The Hall–Kier alpha value is -8.22. The maximum Gasteiger partial charge on any atom is 0.251 e. The number of hydrogen-bond donors (Lipinski definition) is 8. The fraction of sp³-hybridized carbons (Fsp3) is 0.424. The van der Waals surface area contributed by atoms with Crippen molar-refractivity contribution >= 4 is 47.3 Å². The number of nitrogens with one attached hydrogen (secondary N) is 8. The van der Waals surface area contributed by atoms with Gasteiger partial charge in [0, 0.05) is 36.3 Å². The first-order chi connectivity index (χ1) is 39.8. The van der Waals surface area contributed by atoms with Crippen LogP contribution < -0.4 is 42.5 Å². The number of amides is 8. The quantitative estimate of drug-likeness (QED) is 0.0467. The third kappa shape index (κ3) is 15.7. The van der Waals surface area contributed by atoms with Gasteiger partial charge in [0.1, 0.15) is 24.2 Å². The van der Waals surface area contributed by atoms with Crippen molar-refractivity contribution in [1.29, 1.82) is 0 Å². The zero-order chi connectivity index (χ0) is 61.2. The van der Waals surface area contributed by atoms with Crippen molar-refractivity contribution in [2.75, 3.05) is 27.2 Å². The molecule has 5 aromatic carbocycles. The smallest absolute Gasteiger partial charge is 0.251 e. The Morgan fingerprint density at radius 3 is 1.05 bits per heavy atom. The number of likely N-dealkylation sites (tertiary alicyclic amines) is 2. The highest BCUT2D eigenvalue weighted by Gasteiger charge is 2.48. The Labute approximate surface area is 494 Å². The Balaban J connectivity index is 1.10. The highest BCUT2D eigenvalue weighted by Crippen LogP contribution is 2.31. The van der Waals surface area contributed by atoms with E-state index < -0.39 is 107 Å². The summed E-state index contributed by atoms with van der Waals surface area (Å²) in [5.41, 5.74) is 4.30. The van der Waals surface area contributed by atoms with Gasteiger partial charge in [0.05, 0.1) is 24.2 Å². The molecule has 7 rings (SSSR count). The Morgan fingerprint density at radius 1 is 0.440 bits per heavy atom. The number of carbonyl (C=O) groups is 8. The van der Waals surface area contributed by atoms with E-state index in [1.807, 2.05) is 165 Å². The summed E-state index contributed by atoms with van der Waals surface area (Å²) in [4.78, 5) is 117. The summed E-state index contributed by atoms with van der Waals surface area (Å²) in [5.74, 6) is -3.61. The summed E-state index contributed by atoms with van der Waals surface area (Å²) < 4.78 is 0. The fourth-order valence-electron chi connectivity index (χ4n) is 10.6. The summed E-state index contributed by atoms with van der Waals surface area (Å²) in [6.07, 6.45) is 0.126. The third-order valence-electron chi connectivity index (χ3n) is 16.0. The fourth-order valence-corrected chi connectivity index (χ4v) is 10.6. The van der Waals surface area contributed by atoms with E-state index >= 15 is 0 Å². The standard InChI is InChI=1S/C66H84N10O8/c1-39-23-27-45(28-24-39)53(43-19-15-13-16-20-43)71-61(81)51-35-49(37-75(51)63(83)55(65(5,6)7)73-57(77)41(3)67-11)69-59(79)47-31-33-48(34-32-47)60(80)70-50-36-52(76(38-50)64(84)56(66(8,9)10)74-58(78)42(4)68-12)62(82)72-54(44-21-17-14-18-22-44)46-29-25-40(2)26-30-46/h13-34,41-42,49-56,67-68H,35-38H2,1-12H3,(H,69,79)(H,70,80)(H,71,81)(H,72,82)(H,73,77)(H,74,78)/t41-,42-,49-,50-,51-,52-,53-,54-,55+,56+/m0/s1. The first-order valence-electron chi connectivity index (χ1n) is 28.9. The molecule has 0 aliphatic carbocycles. The summed E-state index contributed by atoms with van der Waals surface area (Å²) in [7, 11) is 3.29. The first-order valence-corrected chi connectivity index (χ1v) is 28.9. The lowest BCUT2D eigenvalue weighted by Gasteiger charge is -2.36. The van der Waals surface area contributed by atoms with Gasteiger partial charge in [-0.15, -0.1) is 0 Å². The first kappa shape index (κ1) is 63.4. The number of hydrogen-bond acceptors (Lipinski definition) is 10. The van der Waals surface area contributed by atoms with Gasteiger partial charge in [0.2, 0.25) is 35.4 Å². The molecule has 2 fully saturated rings. The average Bonchev–Trinajstić information content (AvgIpc) is 2.97. The number of likely N-dealkylation sites (N-methyl/N-ethyl adjacent to an activating group) is 2. The summed E-state index contributed by atoms with van der Waals surface area (Å²) in [6.45, 7) is 18.3. The van der Waals surface area contributed by atoms with Crippen molar-refractivity contribution in [3.63, 3.8) is 0 Å². The molecular weight excluding hydrogens is 1060 g/mol. The maximum absolute atomic E-state index is 14.8. The lowest BCUT2D eigenvalue weighted by Crippen LogP contribution is -2.59. The van der Waals surface area contributed by atoms with Crippen LogP contribution in [0.4, 0.5) is 0 Å². The average molecular weight is 1150 g/mol. The molecule has 2 aliphatic rings. The van der Waals surface area contributed by atoms with E-state index in [0.29, 0.717) is 0 Å². The number of benzene rings is 5. The van der Waals surface area contributed by atoms with E-state index in [-0.39, 0.29) is 48.9 Å². The van der Waals surface area contributed by atoms with Gasteiger partial charge in [-0.25, -0.2) is 0 Å². The van der Waals surface area contributed by atoms with Crippen LogP contribution in [-0.4, -0.2) is 133 Å². The van der Waals surface area contributed by atoms with Crippen molar-refractivity contribution in [2.24, 2.45) is 10.8 Å². The SMILES string of the molecule is CN[C@@H](C)C(=O)N[C@H](C(=O)N1C[C@@H](NC(=O)c2ccc(C(=O)N[C@H]3C[C@@H](C(=O)N[C@@H](c4ccccc4)c4ccc(C)cc4)N(C(=O)[C@@H](NC(=O)[C@H](C)NC)C(C)(C)C)C3)cc2)C[C@H]1C(=O)N[C@@H](c1ccccc1)c1ccc(C)cc1)C(C)(C)C. The van der Waals surface area contributed by atoms with Crippen LogP contribution in [0.25, 0.3) is 0 Å². The van der Waals surface area contributed by atoms with E-state index in [2.05, 4.69) is 42.5 Å². The van der Waals surface area contributed by atoms with Crippen molar-refractivity contribution in [2.45, 2.75) is 142 Å². The van der Waals surface area contributed by atoms with Gasteiger partial charge in [-0.3, -0.25) is 38.4 Å². The lowest BCUT2D eigenvalue weighted by molar-refractivity contribution is -0.144. The van der Waals surface area contributed by atoms with Crippen LogP contribution in [0, 0.1) is 24.7 Å². The summed E-state index contributed by atoms with van der Waals surface area (Å²) in [5, 5.41) is 24.2. The molecule has 0 radical (unpaired) electrons. The molecule has 10 atom stereocenters. The minimum atomic E-state index is -1.04.